The molecule has 0 saturated carbocycles. The second-order valence-electron chi connectivity index (χ2n) is 11.2. The van der Waals surface area contributed by atoms with Gasteiger partial charge in [0.2, 0.25) is 5.13 Å². The van der Waals surface area contributed by atoms with E-state index in [0.29, 0.717) is 44.4 Å². The first kappa shape index (κ1) is 31.6. The number of halogens is 1. The first-order valence-electron chi connectivity index (χ1n) is 15.0. The molecule has 9 nitrogen and oxygen atoms in total. The fourth-order valence-corrected chi connectivity index (χ4v) is 7.54. The summed E-state index contributed by atoms with van der Waals surface area (Å²) in [6.45, 7) is 4.11. The molecule has 7 rings (SSSR count). The van der Waals surface area contributed by atoms with Gasteiger partial charge in [0, 0.05) is 17.0 Å². The van der Waals surface area contributed by atoms with Crippen molar-refractivity contribution in [2.45, 2.75) is 36.6 Å². The monoisotopic (exact) mass is 693 g/mol. The molecule has 1 aliphatic rings. The number of hydrogen-bond donors (Lipinski definition) is 1. The summed E-state index contributed by atoms with van der Waals surface area (Å²) < 4.78 is 8.46. The van der Waals surface area contributed by atoms with Crippen molar-refractivity contribution in [3.63, 3.8) is 0 Å². The topological polar surface area (TPSA) is 110 Å². The number of carbonyl (C=O) groups is 2. The Morgan fingerprint density at radius 2 is 1.69 bits per heavy atom. The molecular weight excluding hydrogens is 666 g/mol. The van der Waals surface area contributed by atoms with Crippen LogP contribution in [0.4, 0.5) is 5.13 Å². The molecule has 1 fully saturated rings. The van der Waals surface area contributed by atoms with Crippen LogP contribution in [0.3, 0.4) is 0 Å². The van der Waals surface area contributed by atoms with Crippen molar-refractivity contribution in [1.82, 2.24) is 19.6 Å². The van der Waals surface area contributed by atoms with Gasteiger partial charge in [-0.05, 0) is 66.4 Å². The van der Waals surface area contributed by atoms with Crippen LogP contribution in [0.15, 0.2) is 107 Å². The largest absolute Gasteiger partial charge is 0.505 e. The van der Waals surface area contributed by atoms with Gasteiger partial charge in [0.05, 0.1) is 17.3 Å². The molecule has 0 aliphatic carbocycles. The minimum absolute atomic E-state index is 0.0762. The van der Waals surface area contributed by atoms with E-state index >= 15 is 0 Å². The van der Waals surface area contributed by atoms with Crippen LogP contribution in [0.1, 0.15) is 39.7 Å². The predicted octanol–water partition coefficient (Wildman–Crippen LogP) is 7.95. The average molecular weight is 694 g/mol. The number of aromatic nitrogens is 4. The molecule has 1 unspecified atom stereocenters. The van der Waals surface area contributed by atoms with Gasteiger partial charge in [0.15, 0.2) is 10.1 Å². The number of anilines is 1. The Hall–Kier alpha value is -4.97. The lowest BCUT2D eigenvalue weighted by Gasteiger charge is -2.22. The first-order valence-corrected chi connectivity index (χ1v) is 17.2. The minimum atomic E-state index is -0.986. The number of thioether (sulfide) groups is 1. The van der Waals surface area contributed by atoms with Crippen LogP contribution in [0.25, 0.3) is 11.4 Å². The Bertz CT molecular complexity index is 2180. The molecule has 0 spiro atoms. The molecule has 1 atom stereocenters. The Balaban J connectivity index is 1.26. The van der Waals surface area contributed by atoms with E-state index in [9.17, 15) is 14.7 Å². The molecule has 4 heterocycles. The summed E-state index contributed by atoms with van der Waals surface area (Å²) in [5.41, 5.74) is 5.00. The van der Waals surface area contributed by atoms with Crippen molar-refractivity contribution in [2.24, 2.45) is 0 Å². The van der Waals surface area contributed by atoms with Crippen LogP contribution in [0.2, 0.25) is 5.02 Å². The third-order valence-electron chi connectivity index (χ3n) is 8.07. The summed E-state index contributed by atoms with van der Waals surface area (Å²) in [7, 11) is 0. The molecule has 1 N–H and O–H groups in total. The van der Waals surface area contributed by atoms with E-state index in [1.165, 1.54) is 28.0 Å². The molecule has 0 bridgehead atoms. The van der Waals surface area contributed by atoms with Gasteiger partial charge < -0.3 is 14.2 Å². The number of fused-ring (bicyclic) bond motifs is 1. The van der Waals surface area contributed by atoms with Crippen LogP contribution >= 0.6 is 34.7 Å². The molecule has 48 heavy (non-hydrogen) atoms. The summed E-state index contributed by atoms with van der Waals surface area (Å²) in [6.07, 6.45) is 1.84. The maximum Gasteiger partial charge on any atom is 0.301 e. The fourth-order valence-electron chi connectivity index (χ4n) is 5.59. The summed E-state index contributed by atoms with van der Waals surface area (Å²) in [4.78, 5) is 33.6. The highest BCUT2D eigenvalue weighted by Crippen LogP contribution is 2.44. The second-order valence-corrected chi connectivity index (χ2v) is 13.8. The van der Waals surface area contributed by atoms with Crippen LogP contribution in [-0.4, -0.2) is 36.4 Å². The smallest absolute Gasteiger partial charge is 0.301 e. The van der Waals surface area contributed by atoms with Crippen molar-refractivity contribution in [3.05, 3.63) is 141 Å². The van der Waals surface area contributed by atoms with Crippen LogP contribution < -0.4 is 9.64 Å². The van der Waals surface area contributed by atoms with Gasteiger partial charge in [0.1, 0.15) is 23.7 Å². The zero-order valence-corrected chi connectivity index (χ0v) is 28.2. The Kier molecular flexibility index (Phi) is 8.74. The molecule has 3 aromatic heterocycles. The second kappa shape index (κ2) is 13.3. The number of ketones is 1. The Morgan fingerprint density at radius 3 is 2.42 bits per heavy atom. The van der Waals surface area contributed by atoms with Crippen molar-refractivity contribution in [1.29, 1.82) is 0 Å². The molecule has 240 valence electrons. The van der Waals surface area contributed by atoms with Gasteiger partial charge in [-0.25, -0.2) is 4.98 Å². The van der Waals surface area contributed by atoms with Crippen molar-refractivity contribution in [2.75, 3.05) is 4.90 Å². The van der Waals surface area contributed by atoms with E-state index in [1.807, 2.05) is 91.2 Å². The molecule has 1 amide bonds. The lowest BCUT2D eigenvalue weighted by atomic mass is 9.96. The van der Waals surface area contributed by atoms with Crippen molar-refractivity contribution >= 4 is 62.9 Å². The number of aliphatic hydroxyl groups excluding tert-OH is 1. The SMILES string of the molecule is Cc1cccn2c(C)c(C(O)=C3C(=O)C(=O)N(c4nnc(SCc5ccc(Cl)cc5)s4)C3c3ccc(OCc4ccccc4)cc3)nc12. The third kappa shape index (κ3) is 6.08. The molecular formula is C36H28ClN5O4S2. The number of pyridine rings is 1. The van der Waals surface area contributed by atoms with Crippen LogP contribution in [0, 0.1) is 13.8 Å². The van der Waals surface area contributed by atoms with E-state index in [-0.39, 0.29) is 22.2 Å². The van der Waals surface area contributed by atoms with E-state index in [1.54, 1.807) is 24.3 Å². The van der Waals surface area contributed by atoms with Crippen LogP contribution in [-0.2, 0) is 21.9 Å². The molecule has 6 aromatic rings. The number of benzene rings is 3. The van der Waals surface area contributed by atoms with Gasteiger partial charge in [-0.1, -0.05) is 95.4 Å². The minimum Gasteiger partial charge on any atom is -0.505 e. The molecule has 0 radical (unpaired) electrons. The number of aryl methyl sites for hydroxylation is 2. The quantitative estimate of drug-likeness (QED) is 0.0534. The molecule has 1 saturated heterocycles. The lowest BCUT2D eigenvalue weighted by molar-refractivity contribution is -0.132. The van der Waals surface area contributed by atoms with Crippen molar-refractivity contribution in [3.8, 4) is 5.75 Å². The van der Waals surface area contributed by atoms with E-state index in [2.05, 4.69) is 15.2 Å². The normalized spacial score (nSPS) is 15.8. The standard InChI is InChI=1S/C36H28ClN5O4S2/c1-21-7-6-18-41-22(2)29(38-33(21)41)31(43)28-30(25-12-16-27(17-13-25)46-19-23-8-4-3-5-9-23)42(34(45)32(28)44)35-39-40-36(48-35)47-20-24-10-14-26(37)15-11-24/h3-18,30,43H,19-20H2,1-2H3. The maximum absolute atomic E-state index is 13.8. The van der Waals surface area contributed by atoms with Gasteiger partial charge in [-0.2, -0.15) is 0 Å². The highest BCUT2D eigenvalue weighted by atomic mass is 35.5. The van der Waals surface area contributed by atoms with E-state index in [4.69, 9.17) is 16.3 Å². The number of ether oxygens (including phenoxy) is 1. The van der Waals surface area contributed by atoms with E-state index < -0.39 is 17.7 Å². The summed E-state index contributed by atoms with van der Waals surface area (Å²) in [5, 5.41) is 21.3. The average Bonchev–Trinajstić information content (AvgIpc) is 3.79. The maximum atomic E-state index is 13.8. The van der Waals surface area contributed by atoms with E-state index in [0.717, 1.165) is 16.7 Å². The number of amides is 1. The highest BCUT2D eigenvalue weighted by molar-refractivity contribution is 8.00. The van der Waals surface area contributed by atoms with Gasteiger partial charge in [-0.3, -0.25) is 14.5 Å². The van der Waals surface area contributed by atoms with Crippen LogP contribution in [0.5, 0.6) is 5.75 Å². The zero-order valence-electron chi connectivity index (χ0n) is 25.8. The molecule has 1 aliphatic heterocycles. The number of carbonyl (C=O) groups excluding carboxylic acids is 2. The number of hydrogen-bond acceptors (Lipinski definition) is 9. The number of Topliss-reactive ketones (excluding diaryl/α,β-unsaturated/α-hetero) is 1. The first-order chi connectivity index (χ1) is 23.3. The zero-order chi connectivity index (χ0) is 33.4. The number of aliphatic hydroxyl groups is 1. The summed E-state index contributed by atoms with van der Waals surface area (Å²) >= 11 is 8.69. The Morgan fingerprint density at radius 1 is 0.938 bits per heavy atom. The third-order valence-corrected chi connectivity index (χ3v) is 10.5. The van der Waals surface area contributed by atoms with Gasteiger partial charge in [-0.15, -0.1) is 10.2 Å². The molecule has 3 aromatic carbocycles. The fraction of sp³-hybridized carbons (Fsp3) is 0.139. The number of imidazole rings is 1. The van der Waals surface area contributed by atoms with Gasteiger partial charge in [0.25, 0.3) is 5.78 Å². The molecule has 12 heteroatoms. The predicted molar refractivity (Wildman–Crippen MR) is 188 cm³/mol. The Labute approximate surface area is 289 Å². The van der Waals surface area contributed by atoms with Crippen molar-refractivity contribution < 1.29 is 19.4 Å². The number of rotatable bonds is 9. The summed E-state index contributed by atoms with van der Waals surface area (Å²) in [6, 6.07) is 27.3. The van der Waals surface area contributed by atoms with Gasteiger partial charge >= 0.3 is 5.91 Å². The number of nitrogens with zero attached hydrogens (tertiary/aromatic N) is 5. The lowest BCUT2D eigenvalue weighted by Crippen LogP contribution is -2.29. The summed E-state index contributed by atoms with van der Waals surface area (Å²) in [5.74, 6) is -0.768. The highest BCUT2D eigenvalue weighted by Gasteiger charge is 2.49.